The lowest BCUT2D eigenvalue weighted by molar-refractivity contribution is -0.150. The summed E-state index contributed by atoms with van der Waals surface area (Å²) in [5.41, 5.74) is 4.55. The van der Waals surface area contributed by atoms with Crippen molar-refractivity contribution in [3.63, 3.8) is 0 Å². The average molecular weight is 446 g/mol. The Morgan fingerprint density at radius 1 is 1.06 bits per heavy atom. The quantitative estimate of drug-likeness (QED) is 0.584. The van der Waals surface area contributed by atoms with Crippen molar-refractivity contribution < 1.29 is 9.59 Å². The fourth-order valence-corrected chi connectivity index (χ4v) is 4.51. The molecule has 7 nitrogen and oxygen atoms in total. The number of nitrogens with zero attached hydrogens (tertiary/aromatic N) is 5. The highest BCUT2D eigenvalue weighted by molar-refractivity contribution is 5.89. The van der Waals surface area contributed by atoms with Crippen LogP contribution in [0.25, 0.3) is 11.1 Å². The van der Waals surface area contributed by atoms with E-state index in [-0.39, 0.29) is 11.8 Å². The normalized spacial score (nSPS) is 16.4. The van der Waals surface area contributed by atoms with E-state index in [4.69, 9.17) is 0 Å². The van der Waals surface area contributed by atoms with Crippen molar-refractivity contribution in [2.24, 2.45) is 0 Å². The van der Waals surface area contributed by atoms with Crippen LogP contribution in [0.3, 0.4) is 0 Å². The van der Waals surface area contributed by atoms with E-state index in [9.17, 15) is 9.59 Å². The van der Waals surface area contributed by atoms with Crippen molar-refractivity contribution in [1.82, 2.24) is 24.6 Å². The Bertz CT molecular complexity index is 1170. The molecule has 0 N–H and O–H groups in total. The number of carbonyl (C=O) groups is 2. The molecule has 0 saturated carbocycles. The molecule has 1 saturated heterocycles. The number of carbonyl (C=O) groups excluding carboxylic acids is 2. The number of likely N-dealkylation sites (N-methyl/N-ethyl adjacent to an activating group) is 1. The number of rotatable bonds is 6. The van der Waals surface area contributed by atoms with Crippen LogP contribution in [-0.2, 0) is 22.6 Å². The van der Waals surface area contributed by atoms with Crippen LogP contribution in [0.2, 0.25) is 0 Å². The Hall–Kier alpha value is -3.48. The van der Waals surface area contributed by atoms with E-state index in [1.807, 2.05) is 45.2 Å². The Balaban J connectivity index is 1.53. The van der Waals surface area contributed by atoms with E-state index in [2.05, 4.69) is 41.3 Å². The second-order valence-electron chi connectivity index (χ2n) is 8.76. The minimum Gasteiger partial charge on any atom is -0.342 e. The van der Waals surface area contributed by atoms with Crippen molar-refractivity contribution in [3.05, 3.63) is 71.3 Å². The highest BCUT2D eigenvalue weighted by atomic mass is 16.2. The molecule has 3 aromatic rings. The molecule has 1 atom stereocenters. The second kappa shape index (κ2) is 9.57. The number of aryl methyl sites for hydroxylation is 4. The molecule has 1 aliphatic rings. The van der Waals surface area contributed by atoms with E-state index in [1.165, 1.54) is 11.1 Å². The molecular formula is C26H31N5O2. The van der Waals surface area contributed by atoms with Crippen LogP contribution in [-0.4, -0.2) is 62.6 Å². The van der Waals surface area contributed by atoms with Gasteiger partial charge in [0.15, 0.2) is 0 Å². The molecule has 0 spiro atoms. The Labute approximate surface area is 195 Å². The molecule has 1 aliphatic heterocycles. The summed E-state index contributed by atoms with van der Waals surface area (Å²) < 4.78 is 1.76. The largest absolute Gasteiger partial charge is 0.342 e. The van der Waals surface area contributed by atoms with E-state index < -0.39 is 6.04 Å². The van der Waals surface area contributed by atoms with Gasteiger partial charge in [0.1, 0.15) is 17.7 Å². The van der Waals surface area contributed by atoms with Gasteiger partial charge >= 0.3 is 0 Å². The summed E-state index contributed by atoms with van der Waals surface area (Å²) in [6, 6.07) is 16.1. The first-order chi connectivity index (χ1) is 15.8. The molecule has 33 heavy (non-hydrogen) atoms. The Morgan fingerprint density at radius 2 is 1.85 bits per heavy atom. The molecule has 4 rings (SSSR count). The predicted molar refractivity (Wildman–Crippen MR) is 128 cm³/mol. The third-order valence-corrected chi connectivity index (χ3v) is 6.35. The van der Waals surface area contributed by atoms with Crippen molar-refractivity contribution in [3.8, 4) is 11.1 Å². The summed E-state index contributed by atoms with van der Waals surface area (Å²) in [4.78, 5) is 34.0. The van der Waals surface area contributed by atoms with Crippen LogP contribution >= 0.6 is 0 Å². The summed E-state index contributed by atoms with van der Waals surface area (Å²) in [6.45, 7) is 7.37. The monoisotopic (exact) mass is 445 g/mol. The van der Waals surface area contributed by atoms with E-state index in [0.29, 0.717) is 38.3 Å². The van der Waals surface area contributed by atoms with Gasteiger partial charge in [0.05, 0.1) is 6.54 Å². The Kier molecular flexibility index (Phi) is 6.58. The summed E-state index contributed by atoms with van der Waals surface area (Å²) in [5, 5.41) is 4.35. The van der Waals surface area contributed by atoms with Gasteiger partial charge in [-0.3, -0.25) is 9.59 Å². The molecule has 1 fully saturated rings. The third-order valence-electron chi connectivity index (χ3n) is 6.35. The predicted octanol–water partition coefficient (Wildman–Crippen LogP) is 3.17. The van der Waals surface area contributed by atoms with Crippen molar-refractivity contribution >= 4 is 11.8 Å². The zero-order valence-corrected chi connectivity index (χ0v) is 19.8. The zero-order valence-electron chi connectivity index (χ0n) is 19.8. The van der Waals surface area contributed by atoms with Crippen molar-refractivity contribution in [2.75, 3.05) is 20.1 Å². The van der Waals surface area contributed by atoms with Gasteiger partial charge in [-0.15, -0.1) is 0 Å². The van der Waals surface area contributed by atoms with Crippen LogP contribution in [0.1, 0.15) is 29.2 Å². The van der Waals surface area contributed by atoms with Gasteiger partial charge in [-0.2, -0.15) is 5.10 Å². The molecular weight excluding hydrogens is 414 g/mol. The van der Waals surface area contributed by atoms with Crippen LogP contribution in [0.15, 0.2) is 48.5 Å². The van der Waals surface area contributed by atoms with Gasteiger partial charge < -0.3 is 9.80 Å². The summed E-state index contributed by atoms with van der Waals surface area (Å²) in [5.74, 6) is 1.45. The van der Waals surface area contributed by atoms with Crippen LogP contribution in [0.4, 0.5) is 0 Å². The van der Waals surface area contributed by atoms with Gasteiger partial charge in [0.25, 0.3) is 0 Å². The number of aromatic nitrogens is 3. The summed E-state index contributed by atoms with van der Waals surface area (Å²) in [7, 11) is 1.81. The van der Waals surface area contributed by atoms with Gasteiger partial charge in [-0.25, -0.2) is 9.67 Å². The lowest BCUT2D eigenvalue weighted by atomic mass is 9.95. The molecule has 172 valence electrons. The lowest BCUT2D eigenvalue weighted by Crippen LogP contribution is -2.58. The smallest absolute Gasteiger partial charge is 0.245 e. The molecule has 1 unspecified atom stereocenters. The minimum atomic E-state index is -0.498. The number of hydrogen-bond acceptors (Lipinski definition) is 4. The first kappa shape index (κ1) is 22.7. The molecule has 2 aromatic carbocycles. The van der Waals surface area contributed by atoms with Crippen LogP contribution in [0, 0.1) is 20.8 Å². The molecule has 7 heteroatoms. The summed E-state index contributed by atoms with van der Waals surface area (Å²) in [6.07, 6.45) is 0.788. The number of amides is 2. The molecule has 2 amide bonds. The highest BCUT2D eigenvalue weighted by Gasteiger charge is 2.35. The van der Waals surface area contributed by atoms with Crippen molar-refractivity contribution in [1.29, 1.82) is 0 Å². The fraction of sp³-hybridized carbons (Fsp3) is 0.385. The van der Waals surface area contributed by atoms with Crippen LogP contribution in [0.5, 0.6) is 0 Å². The SMILES string of the molecule is Cc1nc(C)n(CCC(=O)N2CCN(C)C(=O)C2Cc2cccc(-c3ccccc3C)c2)n1. The lowest BCUT2D eigenvalue weighted by Gasteiger charge is -2.39. The molecule has 0 radical (unpaired) electrons. The first-order valence-electron chi connectivity index (χ1n) is 11.4. The molecule has 1 aromatic heterocycles. The molecule has 0 aliphatic carbocycles. The average Bonchev–Trinajstić information content (AvgIpc) is 3.12. The zero-order chi connectivity index (χ0) is 23.5. The van der Waals surface area contributed by atoms with E-state index in [0.717, 1.165) is 17.0 Å². The minimum absolute atomic E-state index is 0.0105. The summed E-state index contributed by atoms with van der Waals surface area (Å²) >= 11 is 0. The molecule has 2 heterocycles. The number of benzene rings is 2. The maximum atomic E-state index is 13.2. The number of hydrogen-bond donors (Lipinski definition) is 0. The fourth-order valence-electron chi connectivity index (χ4n) is 4.51. The van der Waals surface area contributed by atoms with Crippen LogP contribution < -0.4 is 0 Å². The van der Waals surface area contributed by atoms with Gasteiger partial charge in [-0.05, 0) is 43.0 Å². The number of piperazine rings is 1. The first-order valence-corrected chi connectivity index (χ1v) is 11.4. The second-order valence-corrected chi connectivity index (χ2v) is 8.76. The van der Waals surface area contributed by atoms with Gasteiger partial charge in [0, 0.05) is 33.0 Å². The topological polar surface area (TPSA) is 71.3 Å². The van der Waals surface area contributed by atoms with Crippen molar-refractivity contribution in [2.45, 2.75) is 46.2 Å². The highest BCUT2D eigenvalue weighted by Crippen LogP contribution is 2.25. The maximum absolute atomic E-state index is 13.2. The van der Waals surface area contributed by atoms with Gasteiger partial charge in [0.2, 0.25) is 11.8 Å². The standard InChI is InChI=1S/C26H31N5O2/c1-18-8-5-6-11-23(18)22-10-7-9-21(16-22)17-24-26(33)29(4)14-15-30(24)25(32)12-13-31-20(3)27-19(2)28-31/h5-11,16,24H,12-15,17H2,1-4H3. The third kappa shape index (κ3) is 4.97. The maximum Gasteiger partial charge on any atom is 0.245 e. The van der Waals surface area contributed by atoms with E-state index >= 15 is 0 Å². The Morgan fingerprint density at radius 3 is 2.58 bits per heavy atom. The van der Waals surface area contributed by atoms with E-state index in [1.54, 1.807) is 14.5 Å². The van der Waals surface area contributed by atoms with Gasteiger partial charge in [-0.1, -0.05) is 48.5 Å². The molecule has 0 bridgehead atoms.